The summed E-state index contributed by atoms with van der Waals surface area (Å²) < 4.78 is 1.83. The number of rotatable bonds is 2. The van der Waals surface area contributed by atoms with Gasteiger partial charge < -0.3 is 4.98 Å². The van der Waals surface area contributed by atoms with Crippen LogP contribution in [0.3, 0.4) is 0 Å². The van der Waals surface area contributed by atoms with Gasteiger partial charge in [-0.3, -0.25) is 4.98 Å². The minimum Gasteiger partial charge on any atom is -0.343 e. The molecule has 3 aromatic heterocycles. The Morgan fingerprint density at radius 1 is 1.42 bits per heavy atom. The van der Waals surface area contributed by atoms with E-state index >= 15 is 0 Å². The molecule has 0 radical (unpaired) electrons. The third-order valence-electron chi connectivity index (χ3n) is 3.19. The smallest absolute Gasteiger partial charge is 0.140 e. The van der Waals surface area contributed by atoms with E-state index in [9.17, 15) is 0 Å². The lowest BCUT2D eigenvalue weighted by molar-refractivity contribution is 0.968. The number of aromatic nitrogens is 3. The Balaban J connectivity index is 2.20. The molecule has 3 nitrogen and oxygen atoms in total. The predicted octanol–water partition coefficient (Wildman–Crippen LogP) is 4.29. The van der Waals surface area contributed by atoms with Crippen LogP contribution in [0.2, 0.25) is 0 Å². The van der Waals surface area contributed by atoms with Crippen molar-refractivity contribution >= 4 is 33.8 Å². The van der Waals surface area contributed by atoms with E-state index in [1.165, 1.54) is 0 Å². The molecule has 0 spiro atoms. The second kappa shape index (κ2) is 4.83. The van der Waals surface area contributed by atoms with E-state index in [4.69, 9.17) is 12.2 Å². The maximum atomic E-state index is 5.32. The number of nitrogens with one attached hydrogen (secondary N) is 1. The molecular weight excluding hydrogens is 274 g/mol. The van der Waals surface area contributed by atoms with Crippen LogP contribution < -0.4 is 0 Å². The van der Waals surface area contributed by atoms with E-state index in [1.54, 1.807) is 11.3 Å². The maximum Gasteiger partial charge on any atom is 0.140 e. The average molecular weight is 287 g/mol. The molecule has 0 aliphatic rings. The van der Waals surface area contributed by atoms with E-state index < -0.39 is 0 Å². The summed E-state index contributed by atoms with van der Waals surface area (Å²) in [5.74, 6) is 0.801. The Morgan fingerprint density at radius 2 is 2.26 bits per heavy atom. The van der Waals surface area contributed by atoms with Crippen LogP contribution in [-0.4, -0.2) is 15.0 Å². The first-order valence-corrected chi connectivity index (χ1v) is 7.41. The summed E-state index contributed by atoms with van der Waals surface area (Å²) in [6, 6.07) is 4.13. The van der Waals surface area contributed by atoms with Crippen molar-refractivity contribution in [3.05, 3.63) is 39.6 Å². The van der Waals surface area contributed by atoms with Gasteiger partial charge in [-0.15, -0.1) is 11.3 Å². The van der Waals surface area contributed by atoms with Crippen molar-refractivity contribution in [1.29, 1.82) is 0 Å². The topological polar surface area (TPSA) is 41.6 Å². The minimum absolute atomic E-state index is 0.664. The maximum absolute atomic E-state index is 5.32. The molecule has 19 heavy (non-hydrogen) atoms. The van der Waals surface area contributed by atoms with Crippen molar-refractivity contribution in [2.45, 2.75) is 20.3 Å². The third-order valence-corrected chi connectivity index (χ3v) is 4.44. The van der Waals surface area contributed by atoms with Crippen molar-refractivity contribution in [2.24, 2.45) is 0 Å². The molecule has 3 rings (SSSR count). The Labute approximate surface area is 120 Å². The lowest BCUT2D eigenvalue weighted by Crippen LogP contribution is -1.99. The van der Waals surface area contributed by atoms with E-state index in [0.717, 1.165) is 39.3 Å². The molecule has 0 aliphatic heterocycles. The van der Waals surface area contributed by atoms with Gasteiger partial charge in [0, 0.05) is 23.0 Å². The lowest BCUT2D eigenvalue weighted by atomic mass is 10.2. The SMILES string of the molecule is CCc1[nH]c(-c2cnc3ccsc3c2)nc(=S)c1C. The first-order chi connectivity index (χ1) is 9.19. The number of hydrogen-bond donors (Lipinski definition) is 1. The molecular formula is C14H13N3S2. The molecule has 0 fully saturated rings. The summed E-state index contributed by atoms with van der Waals surface area (Å²) in [4.78, 5) is 12.3. The molecule has 3 heterocycles. The van der Waals surface area contributed by atoms with E-state index in [-0.39, 0.29) is 0 Å². The Kier molecular flexibility index (Phi) is 3.16. The summed E-state index contributed by atoms with van der Waals surface area (Å²) in [6.45, 7) is 4.12. The van der Waals surface area contributed by atoms with Crippen molar-refractivity contribution in [3.63, 3.8) is 0 Å². The number of aryl methyl sites for hydroxylation is 1. The Bertz CT molecular complexity index is 802. The Hall–Kier alpha value is -1.59. The van der Waals surface area contributed by atoms with Crippen molar-refractivity contribution in [1.82, 2.24) is 15.0 Å². The highest BCUT2D eigenvalue weighted by Gasteiger charge is 2.07. The second-order valence-electron chi connectivity index (χ2n) is 4.38. The highest BCUT2D eigenvalue weighted by Crippen LogP contribution is 2.24. The van der Waals surface area contributed by atoms with Crippen LogP contribution in [0.1, 0.15) is 18.2 Å². The van der Waals surface area contributed by atoms with Gasteiger partial charge in [-0.2, -0.15) is 0 Å². The molecule has 3 aromatic rings. The molecule has 0 unspecified atom stereocenters. The summed E-state index contributed by atoms with van der Waals surface area (Å²) in [5.41, 5.74) is 4.21. The molecule has 0 aliphatic carbocycles. The normalized spacial score (nSPS) is 11.1. The lowest BCUT2D eigenvalue weighted by Gasteiger charge is -2.07. The van der Waals surface area contributed by atoms with Gasteiger partial charge in [-0.1, -0.05) is 19.1 Å². The van der Waals surface area contributed by atoms with Gasteiger partial charge in [0.25, 0.3) is 0 Å². The zero-order valence-corrected chi connectivity index (χ0v) is 12.4. The minimum atomic E-state index is 0.664. The molecule has 0 amide bonds. The van der Waals surface area contributed by atoms with Crippen LogP contribution >= 0.6 is 23.6 Å². The van der Waals surface area contributed by atoms with Crippen LogP contribution in [0, 0.1) is 11.6 Å². The van der Waals surface area contributed by atoms with Crippen molar-refractivity contribution < 1.29 is 0 Å². The molecule has 0 saturated carbocycles. The van der Waals surface area contributed by atoms with Crippen LogP contribution in [0.5, 0.6) is 0 Å². The van der Waals surface area contributed by atoms with Crippen LogP contribution in [0.15, 0.2) is 23.7 Å². The van der Waals surface area contributed by atoms with Crippen LogP contribution in [0.25, 0.3) is 21.6 Å². The number of hydrogen-bond acceptors (Lipinski definition) is 4. The molecule has 5 heteroatoms. The van der Waals surface area contributed by atoms with E-state index in [1.807, 2.05) is 24.6 Å². The van der Waals surface area contributed by atoms with Crippen molar-refractivity contribution in [2.75, 3.05) is 0 Å². The monoisotopic (exact) mass is 287 g/mol. The molecule has 0 aromatic carbocycles. The van der Waals surface area contributed by atoms with Gasteiger partial charge in [-0.25, -0.2) is 4.98 Å². The first kappa shape index (κ1) is 12.4. The van der Waals surface area contributed by atoms with Gasteiger partial charge in [-0.05, 0) is 30.9 Å². The number of thiophene rings is 1. The summed E-state index contributed by atoms with van der Waals surface area (Å²) in [5, 5.41) is 2.05. The molecule has 0 saturated heterocycles. The summed E-state index contributed by atoms with van der Waals surface area (Å²) >= 11 is 7.01. The second-order valence-corrected chi connectivity index (χ2v) is 5.71. The average Bonchev–Trinajstić information content (AvgIpc) is 2.89. The summed E-state index contributed by atoms with van der Waals surface area (Å²) in [6.07, 6.45) is 2.76. The number of fused-ring (bicyclic) bond motifs is 1. The number of pyridine rings is 1. The van der Waals surface area contributed by atoms with E-state index in [0.29, 0.717) is 4.64 Å². The molecule has 1 N–H and O–H groups in total. The highest BCUT2D eigenvalue weighted by molar-refractivity contribution is 7.71. The van der Waals surface area contributed by atoms with Crippen LogP contribution in [-0.2, 0) is 6.42 Å². The Morgan fingerprint density at radius 3 is 3.05 bits per heavy atom. The number of aromatic amines is 1. The third kappa shape index (κ3) is 2.19. The fraction of sp³-hybridized carbons (Fsp3) is 0.214. The highest BCUT2D eigenvalue weighted by atomic mass is 32.1. The first-order valence-electron chi connectivity index (χ1n) is 6.12. The van der Waals surface area contributed by atoms with Gasteiger partial charge in [0.1, 0.15) is 10.5 Å². The molecule has 0 atom stereocenters. The number of nitrogens with zero attached hydrogens (tertiary/aromatic N) is 2. The van der Waals surface area contributed by atoms with Gasteiger partial charge in [0.05, 0.1) is 10.2 Å². The van der Waals surface area contributed by atoms with Gasteiger partial charge in [0.15, 0.2) is 0 Å². The zero-order chi connectivity index (χ0) is 13.4. The largest absolute Gasteiger partial charge is 0.343 e. The van der Waals surface area contributed by atoms with Crippen molar-refractivity contribution in [3.8, 4) is 11.4 Å². The standard InChI is InChI=1S/C14H13N3S2/c1-3-10-8(2)14(18)17-13(16-10)9-6-12-11(15-7-9)4-5-19-12/h4-7H,3H2,1-2H3,(H,16,17,18). The molecule has 0 bridgehead atoms. The number of H-pyrrole nitrogens is 1. The van der Waals surface area contributed by atoms with Crippen LogP contribution in [0.4, 0.5) is 0 Å². The summed E-state index contributed by atoms with van der Waals surface area (Å²) in [7, 11) is 0. The zero-order valence-electron chi connectivity index (χ0n) is 10.7. The fourth-order valence-electron chi connectivity index (χ4n) is 2.05. The van der Waals surface area contributed by atoms with Gasteiger partial charge >= 0.3 is 0 Å². The quantitative estimate of drug-likeness (QED) is 0.715. The predicted molar refractivity (Wildman–Crippen MR) is 82.2 cm³/mol. The van der Waals surface area contributed by atoms with E-state index in [2.05, 4.69) is 27.9 Å². The molecule has 96 valence electrons. The fourth-order valence-corrected chi connectivity index (χ4v) is 3.04. The van der Waals surface area contributed by atoms with Gasteiger partial charge in [0.2, 0.25) is 0 Å².